The number of aromatic nitrogens is 3. The fraction of sp³-hybridized carbons (Fsp3) is 0.130. The van der Waals surface area contributed by atoms with Crippen LogP contribution in [-0.4, -0.2) is 46.0 Å². The number of aromatic amines is 1. The molecule has 0 atom stereocenters. The zero-order valence-corrected chi connectivity index (χ0v) is 17.1. The SMILES string of the molecule is CON(C)C(=O)c1cc2cc(-c3ccnc(C(=O)NCc4ccncc4)c3)ccc2[nH]1. The van der Waals surface area contributed by atoms with Gasteiger partial charge in [-0.15, -0.1) is 0 Å². The summed E-state index contributed by atoms with van der Waals surface area (Å²) in [4.78, 5) is 41.1. The Morgan fingerprint density at radius 2 is 1.81 bits per heavy atom. The molecule has 0 aliphatic carbocycles. The third-order valence-corrected chi connectivity index (χ3v) is 4.94. The van der Waals surface area contributed by atoms with Gasteiger partial charge in [-0.2, -0.15) is 0 Å². The number of nitrogens with zero attached hydrogens (tertiary/aromatic N) is 3. The average molecular weight is 415 g/mol. The topological polar surface area (TPSA) is 100 Å². The van der Waals surface area contributed by atoms with Crippen LogP contribution >= 0.6 is 0 Å². The quantitative estimate of drug-likeness (QED) is 0.471. The summed E-state index contributed by atoms with van der Waals surface area (Å²) in [7, 11) is 2.99. The third kappa shape index (κ3) is 4.44. The number of hydrogen-bond donors (Lipinski definition) is 2. The van der Waals surface area contributed by atoms with E-state index < -0.39 is 0 Å². The lowest BCUT2D eigenvalue weighted by molar-refractivity contribution is -0.0759. The summed E-state index contributed by atoms with van der Waals surface area (Å²) in [6.45, 7) is 0.398. The highest BCUT2D eigenvalue weighted by molar-refractivity contribution is 5.98. The van der Waals surface area contributed by atoms with E-state index in [1.54, 1.807) is 37.8 Å². The van der Waals surface area contributed by atoms with Crippen LogP contribution in [0.15, 0.2) is 67.1 Å². The van der Waals surface area contributed by atoms with Crippen molar-refractivity contribution >= 4 is 22.7 Å². The maximum absolute atomic E-state index is 12.5. The van der Waals surface area contributed by atoms with Gasteiger partial charge in [0.15, 0.2) is 0 Å². The van der Waals surface area contributed by atoms with Crippen LogP contribution in [-0.2, 0) is 11.4 Å². The molecular formula is C23H21N5O3. The number of carbonyl (C=O) groups is 2. The van der Waals surface area contributed by atoms with Crippen molar-refractivity contribution in [3.8, 4) is 11.1 Å². The number of nitrogens with one attached hydrogen (secondary N) is 2. The van der Waals surface area contributed by atoms with Gasteiger partial charge in [0, 0.05) is 43.1 Å². The molecule has 0 saturated carbocycles. The number of hydroxylamine groups is 2. The van der Waals surface area contributed by atoms with Crippen molar-refractivity contribution in [2.45, 2.75) is 6.54 Å². The molecule has 0 unspecified atom stereocenters. The van der Waals surface area contributed by atoms with E-state index >= 15 is 0 Å². The number of carbonyl (C=O) groups excluding carboxylic acids is 2. The molecule has 2 amide bonds. The fourth-order valence-corrected chi connectivity index (χ4v) is 3.19. The first-order valence-corrected chi connectivity index (χ1v) is 9.63. The molecule has 0 aliphatic rings. The van der Waals surface area contributed by atoms with E-state index in [-0.39, 0.29) is 11.8 Å². The Kier molecular flexibility index (Phi) is 5.72. The zero-order valence-electron chi connectivity index (χ0n) is 17.1. The van der Waals surface area contributed by atoms with Gasteiger partial charge in [-0.25, -0.2) is 5.06 Å². The molecule has 0 fully saturated rings. The number of rotatable bonds is 6. The van der Waals surface area contributed by atoms with Crippen LogP contribution < -0.4 is 5.32 Å². The summed E-state index contributed by atoms with van der Waals surface area (Å²) in [5.74, 6) is -0.519. The molecule has 4 aromatic rings. The van der Waals surface area contributed by atoms with Crippen LogP contribution in [0.25, 0.3) is 22.0 Å². The van der Waals surface area contributed by atoms with Gasteiger partial charge in [0.1, 0.15) is 11.4 Å². The van der Waals surface area contributed by atoms with Gasteiger partial charge < -0.3 is 10.3 Å². The molecule has 0 aliphatic heterocycles. The van der Waals surface area contributed by atoms with Gasteiger partial charge in [0.2, 0.25) is 0 Å². The molecule has 4 rings (SSSR count). The van der Waals surface area contributed by atoms with Gasteiger partial charge in [-0.1, -0.05) is 6.07 Å². The van der Waals surface area contributed by atoms with Crippen molar-refractivity contribution in [2.75, 3.05) is 14.2 Å². The molecule has 31 heavy (non-hydrogen) atoms. The third-order valence-electron chi connectivity index (χ3n) is 4.94. The van der Waals surface area contributed by atoms with Gasteiger partial charge in [-0.05, 0) is 59.2 Å². The molecule has 8 heteroatoms. The van der Waals surface area contributed by atoms with Crippen molar-refractivity contribution in [3.63, 3.8) is 0 Å². The number of hydrogen-bond acceptors (Lipinski definition) is 5. The number of pyridine rings is 2. The number of benzene rings is 1. The second-order valence-corrected chi connectivity index (χ2v) is 6.94. The minimum absolute atomic E-state index is 0.253. The Hall–Kier alpha value is -4.04. The van der Waals surface area contributed by atoms with Crippen LogP contribution in [0.5, 0.6) is 0 Å². The molecule has 0 saturated heterocycles. The van der Waals surface area contributed by atoms with Gasteiger partial charge >= 0.3 is 0 Å². The molecule has 3 aromatic heterocycles. The van der Waals surface area contributed by atoms with E-state index in [1.165, 1.54) is 7.11 Å². The first-order valence-electron chi connectivity index (χ1n) is 9.63. The molecule has 2 N–H and O–H groups in total. The Morgan fingerprint density at radius 3 is 2.58 bits per heavy atom. The summed E-state index contributed by atoms with van der Waals surface area (Å²) in [6, 6.07) is 14.9. The lowest BCUT2D eigenvalue weighted by atomic mass is 10.0. The normalized spacial score (nSPS) is 10.8. The second kappa shape index (κ2) is 8.76. The maximum atomic E-state index is 12.5. The van der Waals surface area contributed by atoms with Crippen LogP contribution in [0.4, 0.5) is 0 Å². The summed E-state index contributed by atoms with van der Waals surface area (Å²) in [5, 5.41) is 4.91. The largest absolute Gasteiger partial charge is 0.350 e. The summed E-state index contributed by atoms with van der Waals surface area (Å²) >= 11 is 0. The molecule has 0 bridgehead atoms. The first-order chi connectivity index (χ1) is 15.0. The number of amides is 2. The first kappa shape index (κ1) is 20.2. The molecular weight excluding hydrogens is 394 g/mol. The highest BCUT2D eigenvalue weighted by Crippen LogP contribution is 2.25. The molecule has 8 nitrogen and oxygen atoms in total. The monoisotopic (exact) mass is 415 g/mol. The van der Waals surface area contributed by atoms with E-state index in [1.807, 2.05) is 36.4 Å². The maximum Gasteiger partial charge on any atom is 0.293 e. The highest BCUT2D eigenvalue weighted by Gasteiger charge is 2.15. The summed E-state index contributed by atoms with van der Waals surface area (Å²) in [6.07, 6.45) is 4.98. The Morgan fingerprint density at radius 1 is 1.03 bits per heavy atom. The predicted octanol–water partition coefficient (Wildman–Crippen LogP) is 3.19. The molecule has 156 valence electrons. The van der Waals surface area contributed by atoms with Crippen LogP contribution in [0, 0.1) is 0 Å². The second-order valence-electron chi connectivity index (χ2n) is 6.94. The Bertz CT molecular complexity index is 1240. The summed E-state index contributed by atoms with van der Waals surface area (Å²) < 4.78 is 0. The smallest absolute Gasteiger partial charge is 0.293 e. The zero-order chi connectivity index (χ0) is 21.8. The molecule has 0 spiro atoms. The van der Waals surface area contributed by atoms with Crippen molar-refractivity contribution in [1.29, 1.82) is 0 Å². The van der Waals surface area contributed by atoms with Crippen LogP contribution in [0.2, 0.25) is 0 Å². The van der Waals surface area contributed by atoms with Gasteiger partial charge in [0.05, 0.1) is 7.11 Å². The minimum Gasteiger partial charge on any atom is -0.350 e. The van der Waals surface area contributed by atoms with Gasteiger partial charge in [-0.3, -0.25) is 24.4 Å². The lowest BCUT2D eigenvalue weighted by Gasteiger charge is -2.11. The van der Waals surface area contributed by atoms with E-state index in [2.05, 4.69) is 20.3 Å². The van der Waals surface area contributed by atoms with Gasteiger partial charge in [0.25, 0.3) is 11.8 Å². The average Bonchev–Trinajstić information content (AvgIpc) is 3.25. The Labute approximate surface area is 178 Å². The lowest BCUT2D eigenvalue weighted by Crippen LogP contribution is -2.25. The van der Waals surface area contributed by atoms with E-state index in [9.17, 15) is 9.59 Å². The van der Waals surface area contributed by atoms with Crippen molar-refractivity contribution in [1.82, 2.24) is 25.3 Å². The number of fused-ring (bicyclic) bond motifs is 1. The molecule has 0 radical (unpaired) electrons. The van der Waals surface area contributed by atoms with E-state index in [0.717, 1.165) is 32.7 Å². The molecule has 3 heterocycles. The molecule has 1 aromatic carbocycles. The summed E-state index contributed by atoms with van der Waals surface area (Å²) in [5.41, 5.74) is 4.33. The highest BCUT2D eigenvalue weighted by atomic mass is 16.7. The number of H-pyrrole nitrogens is 1. The van der Waals surface area contributed by atoms with Crippen molar-refractivity contribution in [3.05, 3.63) is 84.1 Å². The minimum atomic E-state index is -0.266. The predicted molar refractivity (Wildman–Crippen MR) is 116 cm³/mol. The van der Waals surface area contributed by atoms with Crippen molar-refractivity contribution < 1.29 is 14.4 Å². The fourth-order valence-electron chi connectivity index (χ4n) is 3.19. The van der Waals surface area contributed by atoms with E-state index in [4.69, 9.17) is 4.84 Å². The van der Waals surface area contributed by atoms with Crippen LogP contribution in [0.3, 0.4) is 0 Å². The Balaban J connectivity index is 1.55. The standard InChI is InChI=1S/C23H21N5O3/c1-28(31-2)23(30)21-13-18-11-16(3-4-19(18)27-21)17-7-10-25-20(12-17)22(29)26-14-15-5-8-24-9-6-15/h3-13,27H,14H2,1-2H3,(H,26,29). The van der Waals surface area contributed by atoms with Crippen LogP contribution in [0.1, 0.15) is 26.5 Å². The van der Waals surface area contributed by atoms with Crippen molar-refractivity contribution in [2.24, 2.45) is 0 Å². The van der Waals surface area contributed by atoms with E-state index in [0.29, 0.717) is 17.9 Å².